The molecule has 0 saturated heterocycles. The van der Waals surface area contributed by atoms with Crippen LogP contribution >= 0.6 is 11.3 Å². The van der Waals surface area contributed by atoms with Crippen LogP contribution in [-0.2, 0) is 17.6 Å². The molecule has 6 heteroatoms. The number of carbonyl (C=O) groups excluding carboxylic acids is 1. The second kappa shape index (κ2) is 8.10. The Hall–Kier alpha value is -2.73. The molecule has 26 heavy (non-hydrogen) atoms. The molecule has 0 aliphatic heterocycles. The van der Waals surface area contributed by atoms with Crippen LogP contribution in [0, 0.1) is 12.7 Å². The number of aryl methyl sites for hydroxylation is 1. The lowest BCUT2D eigenvalue weighted by Gasteiger charge is -2.07. The fourth-order valence-corrected chi connectivity index (χ4v) is 3.48. The van der Waals surface area contributed by atoms with Crippen molar-refractivity contribution in [3.63, 3.8) is 0 Å². The molecule has 0 fully saturated rings. The van der Waals surface area contributed by atoms with Gasteiger partial charge in [0, 0.05) is 17.5 Å². The molecular formula is C20H19FN2O2S. The van der Waals surface area contributed by atoms with Crippen LogP contribution in [-0.4, -0.2) is 18.0 Å². The summed E-state index contributed by atoms with van der Waals surface area (Å²) in [5.41, 5.74) is 2.78. The number of carbonyl (C=O) groups is 1. The minimum absolute atomic E-state index is 0.137. The Balaban J connectivity index is 1.61. The average molecular weight is 370 g/mol. The van der Waals surface area contributed by atoms with Crippen LogP contribution in [0.15, 0.2) is 48.7 Å². The summed E-state index contributed by atoms with van der Waals surface area (Å²) in [7, 11) is 1.61. The van der Waals surface area contributed by atoms with E-state index in [1.165, 1.54) is 23.5 Å². The van der Waals surface area contributed by atoms with Gasteiger partial charge in [-0.3, -0.25) is 4.79 Å². The fraction of sp³-hybridized carbons (Fsp3) is 0.200. The summed E-state index contributed by atoms with van der Waals surface area (Å²) >= 11 is 1.39. The Kier molecular flexibility index (Phi) is 5.63. The van der Waals surface area contributed by atoms with Gasteiger partial charge in [0.2, 0.25) is 5.91 Å². The Labute approximate surface area is 155 Å². The van der Waals surface area contributed by atoms with E-state index >= 15 is 0 Å². The maximum absolute atomic E-state index is 13.3. The number of anilines is 1. The topological polar surface area (TPSA) is 51.2 Å². The van der Waals surface area contributed by atoms with E-state index in [0.29, 0.717) is 11.6 Å². The van der Waals surface area contributed by atoms with Crippen molar-refractivity contribution in [3.05, 3.63) is 76.0 Å². The van der Waals surface area contributed by atoms with Crippen molar-refractivity contribution < 1.29 is 13.9 Å². The monoisotopic (exact) mass is 370 g/mol. The van der Waals surface area contributed by atoms with E-state index in [2.05, 4.69) is 10.3 Å². The van der Waals surface area contributed by atoms with Gasteiger partial charge in [-0.25, -0.2) is 9.37 Å². The van der Waals surface area contributed by atoms with Crippen LogP contribution in [0.4, 0.5) is 9.52 Å². The first-order valence-electron chi connectivity index (χ1n) is 8.16. The minimum atomic E-state index is -0.255. The van der Waals surface area contributed by atoms with Gasteiger partial charge >= 0.3 is 0 Å². The van der Waals surface area contributed by atoms with E-state index in [1.54, 1.807) is 19.4 Å². The van der Waals surface area contributed by atoms with E-state index < -0.39 is 0 Å². The number of nitrogens with one attached hydrogen (secondary N) is 1. The minimum Gasteiger partial charge on any atom is -0.496 e. The maximum Gasteiger partial charge on any atom is 0.230 e. The first-order valence-corrected chi connectivity index (χ1v) is 8.97. The molecule has 0 spiro atoms. The Morgan fingerprint density at radius 2 is 2.08 bits per heavy atom. The molecule has 0 radical (unpaired) electrons. The Morgan fingerprint density at radius 1 is 1.23 bits per heavy atom. The van der Waals surface area contributed by atoms with Crippen LogP contribution in [0.3, 0.4) is 0 Å². The summed E-state index contributed by atoms with van der Waals surface area (Å²) in [6, 6.07) is 12.2. The van der Waals surface area contributed by atoms with E-state index in [9.17, 15) is 9.18 Å². The van der Waals surface area contributed by atoms with Gasteiger partial charge in [-0.05, 0) is 41.8 Å². The Morgan fingerprint density at radius 3 is 2.85 bits per heavy atom. The highest BCUT2D eigenvalue weighted by Crippen LogP contribution is 2.23. The molecule has 2 aromatic carbocycles. The van der Waals surface area contributed by atoms with Gasteiger partial charge in [-0.2, -0.15) is 0 Å². The number of halogens is 1. The van der Waals surface area contributed by atoms with Gasteiger partial charge in [0.1, 0.15) is 11.6 Å². The van der Waals surface area contributed by atoms with Crippen molar-refractivity contribution in [2.45, 2.75) is 19.8 Å². The van der Waals surface area contributed by atoms with Crippen molar-refractivity contribution in [2.75, 3.05) is 12.4 Å². The number of hydrogen-bond acceptors (Lipinski definition) is 4. The summed E-state index contributed by atoms with van der Waals surface area (Å²) in [6.07, 6.45) is 2.54. The molecule has 0 aliphatic carbocycles. The van der Waals surface area contributed by atoms with E-state index in [0.717, 1.165) is 27.3 Å². The van der Waals surface area contributed by atoms with Gasteiger partial charge < -0.3 is 10.1 Å². The largest absolute Gasteiger partial charge is 0.496 e. The number of hydrogen-bond donors (Lipinski definition) is 1. The first-order chi connectivity index (χ1) is 12.5. The third-order valence-electron chi connectivity index (χ3n) is 3.90. The average Bonchev–Trinajstić information content (AvgIpc) is 3.03. The van der Waals surface area contributed by atoms with Crippen LogP contribution in [0.1, 0.15) is 21.6 Å². The summed E-state index contributed by atoms with van der Waals surface area (Å²) in [5.74, 6) is 0.374. The number of benzene rings is 2. The standard InChI is InChI=1S/C20H19FN2O2S/c1-13-6-7-15(10-18(13)25-2)11-19(24)23-20-22-12-17(26-20)9-14-4-3-5-16(21)8-14/h3-8,10,12H,9,11H2,1-2H3,(H,22,23,24). The van der Waals surface area contributed by atoms with Gasteiger partial charge in [0.25, 0.3) is 0 Å². The first kappa shape index (κ1) is 18.1. The number of methoxy groups -OCH3 is 1. The van der Waals surface area contributed by atoms with Crippen molar-refractivity contribution in [1.29, 1.82) is 0 Å². The molecule has 1 aromatic heterocycles. The molecule has 134 valence electrons. The van der Waals surface area contributed by atoms with E-state index in [-0.39, 0.29) is 18.1 Å². The molecule has 0 unspecified atom stereocenters. The van der Waals surface area contributed by atoms with Gasteiger partial charge in [-0.15, -0.1) is 11.3 Å². The normalized spacial score (nSPS) is 10.6. The number of rotatable bonds is 6. The van der Waals surface area contributed by atoms with Gasteiger partial charge in [0.05, 0.1) is 13.5 Å². The lowest BCUT2D eigenvalue weighted by Crippen LogP contribution is -2.14. The van der Waals surface area contributed by atoms with Crippen molar-refractivity contribution in [1.82, 2.24) is 4.98 Å². The van der Waals surface area contributed by atoms with Gasteiger partial charge in [-0.1, -0.05) is 24.3 Å². The number of aromatic nitrogens is 1. The third-order valence-corrected chi connectivity index (χ3v) is 4.82. The van der Waals surface area contributed by atoms with Crippen molar-refractivity contribution in [2.24, 2.45) is 0 Å². The quantitative estimate of drug-likeness (QED) is 0.701. The molecule has 1 N–H and O–H groups in total. The summed E-state index contributed by atoms with van der Waals surface area (Å²) in [6.45, 7) is 1.96. The molecule has 0 aliphatic rings. The van der Waals surface area contributed by atoms with Crippen LogP contribution in [0.5, 0.6) is 5.75 Å². The summed E-state index contributed by atoms with van der Waals surface area (Å²) < 4.78 is 18.5. The lowest BCUT2D eigenvalue weighted by molar-refractivity contribution is -0.115. The van der Waals surface area contributed by atoms with Crippen LogP contribution < -0.4 is 10.1 Å². The van der Waals surface area contributed by atoms with E-state index in [1.807, 2.05) is 31.2 Å². The number of amides is 1. The Bertz CT molecular complexity index is 924. The second-order valence-electron chi connectivity index (χ2n) is 5.97. The predicted molar refractivity (Wildman–Crippen MR) is 101 cm³/mol. The van der Waals surface area contributed by atoms with Gasteiger partial charge in [0.15, 0.2) is 5.13 Å². The maximum atomic E-state index is 13.3. The highest BCUT2D eigenvalue weighted by molar-refractivity contribution is 7.15. The molecule has 3 rings (SSSR count). The molecule has 4 nitrogen and oxygen atoms in total. The highest BCUT2D eigenvalue weighted by atomic mass is 32.1. The lowest BCUT2D eigenvalue weighted by atomic mass is 10.1. The molecule has 1 amide bonds. The SMILES string of the molecule is COc1cc(CC(=O)Nc2ncc(Cc3cccc(F)c3)s2)ccc1C. The molecule has 3 aromatic rings. The van der Waals surface area contributed by atoms with Crippen molar-refractivity contribution >= 4 is 22.4 Å². The predicted octanol–water partition coefficient (Wildman–Crippen LogP) is 4.37. The molecule has 0 bridgehead atoms. The zero-order chi connectivity index (χ0) is 18.5. The molecular weight excluding hydrogens is 351 g/mol. The van der Waals surface area contributed by atoms with E-state index in [4.69, 9.17) is 4.74 Å². The fourth-order valence-electron chi connectivity index (χ4n) is 2.62. The molecule has 1 heterocycles. The molecule has 0 atom stereocenters. The second-order valence-corrected chi connectivity index (χ2v) is 7.08. The third kappa shape index (κ3) is 4.67. The number of thiazole rings is 1. The molecule has 0 saturated carbocycles. The smallest absolute Gasteiger partial charge is 0.230 e. The number of nitrogens with zero attached hydrogens (tertiary/aromatic N) is 1. The van der Waals surface area contributed by atoms with Crippen LogP contribution in [0.2, 0.25) is 0 Å². The highest BCUT2D eigenvalue weighted by Gasteiger charge is 2.10. The summed E-state index contributed by atoms with van der Waals surface area (Å²) in [4.78, 5) is 17.4. The van der Waals surface area contributed by atoms with Crippen molar-refractivity contribution in [3.8, 4) is 5.75 Å². The number of ether oxygens (including phenoxy) is 1. The zero-order valence-electron chi connectivity index (χ0n) is 14.6. The zero-order valence-corrected chi connectivity index (χ0v) is 15.4. The summed E-state index contributed by atoms with van der Waals surface area (Å²) in [5, 5.41) is 3.36. The van der Waals surface area contributed by atoms with Crippen LogP contribution in [0.25, 0.3) is 0 Å².